The van der Waals surface area contributed by atoms with E-state index < -0.39 is 0 Å². The molecule has 0 spiro atoms. The van der Waals surface area contributed by atoms with Crippen LogP contribution in [0.1, 0.15) is 27.0 Å². The van der Waals surface area contributed by atoms with Gasteiger partial charge in [0.2, 0.25) is 0 Å². The van der Waals surface area contributed by atoms with Crippen LogP contribution in [0.4, 0.5) is 0 Å². The van der Waals surface area contributed by atoms with E-state index in [0.717, 1.165) is 11.1 Å². The number of carbonyl (C=O) groups is 1. The summed E-state index contributed by atoms with van der Waals surface area (Å²) in [6, 6.07) is 20.2. The first-order chi connectivity index (χ1) is 14.0. The number of nitrogens with zero attached hydrogens (tertiary/aromatic N) is 1. The Bertz CT molecular complexity index is 1020. The van der Waals surface area contributed by atoms with Crippen molar-refractivity contribution in [2.75, 3.05) is 7.11 Å². The number of ether oxygens (including phenoxy) is 2. The van der Waals surface area contributed by atoms with E-state index >= 15 is 0 Å². The summed E-state index contributed by atoms with van der Waals surface area (Å²) in [5.41, 5.74) is 6.00. The molecule has 148 valence electrons. The minimum absolute atomic E-state index is 0.317. The molecule has 5 nitrogen and oxygen atoms in total. The zero-order chi connectivity index (χ0) is 20.6. The summed E-state index contributed by atoms with van der Waals surface area (Å²) in [5.74, 6) is 0.907. The number of carbonyl (C=O) groups excluding carboxylic acids is 1. The second kappa shape index (κ2) is 9.75. The molecule has 0 saturated heterocycles. The molecule has 0 heterocycles. The summed E-state index contributed by atoms with van der Waals surface area (Å²) in [4.78, 5) is 12.1. The number of hydrogen-bond donors (Lipinski definition) is 1. The molecule has 0 radical (unpaired) electrons. The average molecular weight is 409 g/mol. The van der Waals surface area contributed by atoms with E-state index in [-0.39, 0.29) is 5.91 Å². The van der Waals surface area contributed by atoms with Crippen molar-refractivity contribution in [2.45, 2.75) is 13.5 Å². The Balaban J connectivity index is 1.62. The van der Waals surface area contributed by atoms with Gasteiger partial charge in [-0.25, -0.2) is 5.43 Å². The molecule has 0 saturated carbocycles. The lowest BCUT2D eigenvalue weighted by Crippen LogP contribution is -2.17. The molecule has 6 heteroatoms. The number of rotatable bonds is 7. The first-order valence-corrected chi connectivity index (χ1v) is 9.38. The highest BCUT2D eigenvalue weighted by molar-refractivity contribution is 6.30. The van der Waals surface area contributed by atoms with Gasteiger partial charge in [0, 0.05) is 10.6 Å². The van der Waals surface area contributed by atoms with Crippen molar-refractivity contribution in [1.82, 2.24) is 5.43 Å². The van der Waals surface area contributed by atoms with E-state index in [1.165, 1.54) is 5.56 Å². The number of halogens is 1. The zero-order valence-corrected chi connectivity index (χ0v) is 16.9. The molecule has 0 unspecified atom stereocenters. The van der Waals surface area contributed by atoms with Crippen molar-refractivity contribution >= 4 is 23.7 Å². The Kier molecular flexibility index (Phi) is 6.87. The van der Waals surface area contributed by atoms with Gasteiger partial charge in [0.25, 0.3) is 5.91 Å². The van der Waals surface area contributed by atoms with Crippen LogP contribution >= 0.6 is 11.6 Å². The van der Waals surface area contributed by atoms with Gasteiger partial charge in [-0.1, -0.05) is 41.4 Å². The SMILES string of the molecule is COc1cc(/C=N/NC(=O)c2ccc(Cl)cc2)ccc1OCc1cccc(C)c1. The van der Waals surface area contributed by atoms with Crippen LogP contribution in [-0.4, -0.2) is 19.2 Å². The van der Waals surface area contributed by atoms with Crippen molar-refractivity contribution in [3.63, 3.8) is 0 Å². The Labute approximate surface area is 174 Å². The molecule has 1 N–H and O–H groups in total. The van der Waals surface area contributed by atoms with Crippen molar-refractivity contribution < 1.29 is 14.3 Å². The highest BCUT2D eigenvalue weighted by Gasteiger charge is 2.07. The van der Waals surface area contributed by atoms with Crippen molar-refractivity contribution in [3.8, 4) is 11.5 Å². The number of benzene rings is 3. The average Bonchev–Trinajstić information content (AvgIpc) is 2.73. The van der Waals surface area contributed by atoms with Crippen LogP contribution in [-0.2, 0) is 6.61 Å². The summed E-state index contributed by atoms with van der Waals surface area (Å²) in [7, 11) is 1.58. The van der Waals surface area contributed by atoms with Crippen LogP contribution in [0.15, 0.2) is 71.8 Å². The Morgan fingerprint density at radius 3 is 2.59 bits per heavy atom. The van der Waals surface area contributed by atoms with E-state index in [1.807, 2.05) is 37.3 Å². The fourth-order valence-corrected chi connectivity index (χ4v) is 2.80. The molecule has 3 aromatic rings. The van der Waals surface area contributed by atoms with Gasteiger partial charge in [0.15, 0.2) is 11.5 Å². The van der Waals surface area contributed by atoms with E-state index in [0.29, 0.717) is 28.7 Å². The Morgan fingerprint density at radius 1 is 1.07 bits per heavy atom. The number of nitrogens with one attached hydrogen (secondary N) is 1. The minimum Gasteiger partial charge on any atom is -0.493 e. The topological polar surface area (TPSA) is 59.9 Å². The molecule has 3 rings (SSSR count). The molecule has 3 aromatic carbocycles. The first-order valence-electron chi connectivity index (χ1n) is 9.00. The second-order valence-corrected chi connectivity index (χ2v) is 6.83. The van der Waals surface area contributed by atoms with Gasteiger partial charge >= 0.3 is 0 Å². The fraction of sp³-hybridized carbons (Fsp3) is 0.130. The third-order valence-corrected chi connectivity index (χ3v) is 4.40. The molecule has 0 fully saturated rings. The number of amides is 1. The minimum atomic E-state index is -0.317. The van der Waals surface area contributed by atoms with Gasteiger partial charge in [-0.15, -0.1) is 0 Å². The molecular formula is C23H21ClN2O3. The molecule has 0 bridgehead atoms. The van der Waals surface area contributed by atoms with Crippen molar-refractivity contribution in [3.05, 3.63) is 94.0 Å². The van der Waals surface area contributed by atoms with Crippen LogP contribution in [0.2, 0.25) is 5.02 Å². The summed E-state index contributed by atoms with van der Waals surface area (Å²) in [5, 5.41) is 4.57. The van der Waals surface area contributed by atoms with Gasteiger partial charge in [0.1, 0.15) is 6.61 Å². The Hall–Kier alpha value is -3.31. The summed E-state index contributed by atoms with van der Waals surface area (Å²) >= 11 is 5.82. The largest absolute Gasteiger partial charge is 0.493 e. The number of hydrogen-bond acceptors (Lipinski definition) is 4. The maximum Gasteiger partial charge on any atom is 0.271 e. The highest BCUT2D eigenvalue weighted by Crippen LogP contribution is 2.28. The van der Waals surface area contributed by atoms with Crippen LogP contribution in [0.5, 0.6) is 11.5 Å². The van der Waals surface area contributed by atoms with E-state index in [1.54, 1.807) is 43.7 Å². The van der Waals surface area contributed by atoms with Crippen LogP contribution < -0.4 is 14.9 Å². The number of aryl methyl sites for hydroxylation is 1. The molecule has 0 aromatic heterocycles. The standard InChI is InChI=1S/C23H21ClN2O3/c1-16-4-3-5-18(12-16)15-29-21-11-6-17(13-22(21)28-2)14-25-26-23(27)19-7-9-20(24)10-8-19/h3-14H,15H2,1-2H3,(H,26,27)/b25-14+. The Morgan fingerprint density at radius 2 is 1.86 bits per heavy atom. The summed E-state index contributed by atoms with van der Waals surface area (Å²) in [6.45, 7) is 2.49. The molecule has 0 aliphatic carbocycles. The van der Waals surface area contributed by atoms with E-state index in [4.69, 9.17) is 21.1 Å². The van der Waals surface area contributed by atoms with E-state index in [9.17, 15) is 4.79 Å². The highest BCUT2D eigenvalue weighted by atomic mass is 35.5. The van der Waals surface area contributed by atoms with Gasteiger partial charge in [-0.05, 0) is 60.5 Å². The fourth-order valence-electron chi connectivity index (χ4n) is 2.68. The molecule has 0 aliphatic heterocycles. The van der Waals surface area contributed by atoms with Gasteiger partial charge in [0.05, 0.1) is 13.3 Å². The third-order valence-electron chi connectivity index (χ3n) is 4.15. The molecular weight excluding hydrogens is 388 g/mol. The quantitative estimate of drug-likeness (QED) is 0.442. The molecule has 1 amide bonds. The predicted octanol–water partition coefficient (Wildman–Crippen LogP) is 5.00. The lowest BCUT2D eigenvalue weighted by Gasteiger charge is -2.11. The van der Waals surface area contributed by atoms with Crippen molar-refractivity contribution in [1.29, 1.82) is 0 Å². The summed E-state index contributed by atoms with van der Waals surface area (Å²) < 4.78 is 11.3. The number of hydrazone groups is 1. The first kappa shape index (κ1) is 20.4. The molecule has 0 atom stereocenters. The molecule has 0 aliphatic rings. The van der Waals surface area contributed by atoms with Crippen LogP contribution in [0, 0.1) is 6.92 Å². The van der Waals surface area contributed by atoms with Crippen molar-refractivity contribution in [2.24, 2.45) is 5.10 Å². The van der Waals surface area contributed by atoms with Crippen LogP contribution in [0.3, 0.4) is 0 Å². The lowest BCUT2D eigenvalue weighted by atomic mass is 10.1. The number of methoxy groups -OCH3 is 1. The lowest BCUT2D eigenvalue weighted by molar-refractivity contribution is 0.0955. The van der Waals surface area contributed by atoms with E-state index in [2.05, 4.69) is 16.6 Å². The van der Waals surface area contributed by atoms with Gasteiger partial charge < -0.3 is 9.47 Å². The second-order valence-electron chi connectivity index (χ2n) is 6.39. The third kappa shape index (κ3) is 5.83. The normalized spacial score (nSPS) is 10.7. The zero-order valence-electron chi connectivity index (χ0n) is 16.2. The summed E-state index contributed by atoms with van der Waals surface area (Å²) in [6.07, 6.45) is 1.54. The maximum atomic E-state index is 12.1. The molecule has 29 heavy (non-hydrogen) atoms. The van der Waals surface area contributed by atoms with Gasteiger partial charge in [-0.2, -0.15) is 5.10 Å². The predicted molar refractivity (Wildman–Crippen MR) is 115 cm³/mol. The smallest absolute Gasteiger partial charge is 0.271 e. The van der Waals surface area contributed by atoms with Gasteiger partial charge in [-0.3, -0.25) is 4.79 Å². The monoisotopic (exact) mass is 408 g/mol. The maximum absolute atomic E-state index is 12.1. The van der Waals surface area contributed by atoms with Crippen LogP contribution in [0.25, 0.3) is 0 Å².